The highest BCUT2D eigenvalue weighted by Crippen LogP contribution is 2.11. The molecule has 1 aromatic rings. The SMILES string of the molecule is CC(NC(=O)CSCc1ccccc1)C(C)C(=O)O. The van der Waals surface area contributed by atoms with Gasteiger partial charge in [-0.15, -0.1) is 11.8 Å². The Kier molecular flexibility index (Phi) is 6.42. The van der Waals surface area contributed by atoms with Gasteiger partial charge in [-0.25, -0.2) is 0 Å². The standard InChI is InChI=1S/C14H19NO3S/c1-10(14(17)18)11(2)15-13(16)9-19-8-12-6-4-3-5-7-12/h3-7,10-11H,8-9H2,1-2H3,(H,15,16)(H,17,18). The highest BCUT2D eigenvalue weighted by molar-refractivity contribution is 7.99. The van der Waals surface area contributed by atoms with Gasteiger partial charge >= 0.3 is 5.97 Å². The van der Waals surface area contributed by atoms with Gasteiger partial charge in [0.05, 0.1) is 11.7 Å². The Hall–Kier alpha value is -1.49. The maximum atomic E-state index is 11.6. The van der Waals surface area contributed by atoms with Crippen LogP contribution in [0.2, 0.25) is 0 Å². The van der Waals surface area contributed by atoms with E-state index in [2.05, 4.69) is 5.32 Å². The molecule has 0 fully saturated rings. The third-order valence-electron chi connectivity index (χ3n) is 2.87. The molecule has 0 bridgehead atoms. The lowest BCUT2D eigenvalue weighted by Gasteiger charge is -2.17. The Bertz CT molecular complexity index is 422. The van der Waals surface area contributed by atoms with Gasteiger partial charge < -0.3 is 10.4 Å². The maximum absolute atomic E-state index is 11.6. The van der Waals surface area contributed by atoms with Gasteiger partial charge in [0, 0.05) is 11.8 Å². The molecule has 0 aliphatic heterocycles. The molecule has 0 aliphatic carbocycles. The van der Waals surface area contributed by atoms with Crippen LogP contribution in [0.5, 0.6) is 0 Å². The summed E-state index contributed by atoms with van der Waals surface area (Å²) in [6.07, 6.45) is 0. The van der Waals surface area contributed by atoms with Crippen LogP contribution in [0.4, 0.5) is 0 Å². The molecule has 104 valence electrons. The summed E-state index contributed by atoms with van der Waals surface area (Å²) in [5.74, 6) is -0.489. The van der Waals surface area contributed by atoms with Gasteiger partial charge in [0.2, 0.25) is 5.91 Å². The van der Waals surface area contributed by atoms with Crippen molar-refractivity contribution in [1.29, 1.82) is 0 Å². The molecule has 19 heavy (non-hydrogen) atoms. The molecule has 0 saturated carbocycles. The molecule has 4 nitrogen and oxygen atoms in total. The monoisotopic (exact) mass is 281 g/mol. The summed E-state index contributed by atoms with van der Waals surface area (Å²) < 4.78 is 0. The van der Waals surface area contributed by atoms with Crippen LogP contribution < -0.4 is 5.32 Å². The molecule has 2 N–H and O–H groups in total. The van der Waals surface area contributed by atoms with E-state index >= 15 is 0 Å². The van der Waals surface area contributed by atoms with Gasteiger partial charge in [0.15, 0.2) is 0 Å². The minimum absolute atomic E-state index is 0.124. The average Bonchev–Trinajstić information content (AvgIpc) is 2.38. The lowest BCUT2D eigenvalue weighted by Crippen LogP contribution is -2.40. The van der Waals surface area contributed by atoms with Gasteiger partial charge in [0.25, 0.3) is 0 Å². The molecule has 2 atom stereocenters. The van der Waals surface area contributed by atoms with Crippen LogP contribution >= 0.6 is 11.8 Å². The first-order valence-electron chi connectivity index (χ1n) is 6.14. The van der Waals surface area contributed by atoms with E-state index < -0.39 is 11.9 Å². The van der Waals surface area contributed by atoms with Crippen LogP contribution in [0.15, 0.2) is 30.3 Å². The molecule has 0 spiro atoms. The number of nitrogens with one attached hydrogen (secondary N) is 1. The fraction of sp³-hybridized carbons (Fsp3) is 0.429. The normalized spacial score (nSPS) is 13.6. The van der Waals surface area contributed by atoms with E-state index in [1.54, 1.807) is 13.8 Å². The maximum Gasteiger partial charge on any atom is 0.308 e. The first kappa shape index (κ1) is 15.6. The summed E-state index contributed by atoms with van der Waals surface area (Å²) in [5.41, 5.74) is 1.17. The van der Waals surface area contributed by atoms with Crippen molar-refractivity contribution >= 4 is 23.6 Å². The summed E-state index contributed by atoms with van der Waals surface area (Å²) in [5, 5.41) is 11.5. The first-order chi connectivity index (χ1) is 9.00. The zero-order valence-corrected chi connectivity index (χ0v) is 11.9. The Morgan fingerprint density at radius 1 is 1.26 bits per heavy atom. The second-order valence-corrected chi connectivity index (χ2v) is 5.45. The fourth-order valence-electron chi connectivity index (χ4n) is 1.47. The van der Waals surface area contributed by atoms with E-state index in [9.17, 15) is 9.59 Å². The van der Waals surface area contributed by atoms with E-state index in [-0.39, 0.29) is 11.9 Å². The first-order valence-corrected chi connectivity index (χ1v) is 7.30. The number of aliphatic carboxylic acids is 1. The lowest BCUT2D eigenvalue weighted by molar-refractivity contribution is -0.142. The van der Waals surface area contributed by atoms with Crippen molar-refractivity contribution in [2.24, 2.45) is 5.92 Å². The van der Waals surface area contributed by atoms with Crippen LogP contribution in [0.25, 0.3) is 0 Å². The topological polar surface area (TPSA) is 66.4 Å². The van der Waals surface area contributed by atoms with E-state index in [0.29, 0.717) is 5.75 Å². The number of carbonyl (C=O) groups excluding carboxylic acids is 1. The molecule has 0 saturated heterocycles. The van der Waals surface area contributed by atoms with E-state index in [1.165, 1.54) is 17.3 Å². The third kappa shape index (κ3) is 5.79. The van der Waals surface area contributed by atoms with Crippen molar-refractivity contribution in [3.05, 3.63) is 35.9 Å². The number of hydrogen-bond acceptors (Lipinski definition) is 3. The average molecular weight is 281 g/mol. The highest BCUT2D eigenvalue weighted by Gasteiger charge is 2.20. The number of carboxylic acid groups (broad SMARTS) is 1. The van der Waals surface area contributed by atoms with Crippen molar-refractivity contribution in [3.63, 3.8) is 0 Å². The predicted molar refractivity (Wildman–Crippen MR) is 77.0 cm³/mol. The quantitative estimate of drug-likeness (QED) is 0.803. The van der Waals surface area contributed by atoms with Gasteiger partial charge in [0.1, 0.15) is 0 Å². The van der Waals surface area contributed by atoms with Crippen molar-refractivity contribution in [1.82, 2.24) is 5.32 Å². The Labute approximate surface area is 117 Å². The Morgan fingerprint density at radius 2 is 1.89 bits per heavy atom. The number of thioether (sulfide) groups is 1. The van der Waals surface area contributed by atoms with E-state index in [4.69, 9.17) is 5.11 Å². The minimum atomic E-state index is -0.898. The van der Waals surface area contributed by atoms with E-state index in [0.717, 1.165) is 5.75 Å². The molecule has 0 aliphatic rings. The molecule has 2 unspecified atom stereocenters. The Balaban J connectivity index is 2.26. The van der Waals surface area contributed by atoms with Crippen molar-refractivity contribution in [2.75, 3.05) is 5.75 Å². The smallest absolute Gasteiger partial charge is 0.308 e. The number of amides is 1. The molecular weight excluding hydrogens is 262 g/mol. The molecule has 0 heterocycles. The van der Waals surface area contributed by atoms with Crippen molar-refractivity contribution in [3.8, 4) is 0 Å². The zero-order chi connectivity index (χ0) is 14.3. The van der Waals surface area contributed by atoms with Crippen LogP contribution in [-0.2, 0) is 15.3 Å². The summed E-state index contributed by atoms with van der Waals surface area (Å²) in [7, 11) is 0. The number of carbonyl (C=O) groups is 2. The van der Waals surface area contributed by atoms with Gasteiger partial charge in [-0.3, -0.25) is 9.59 Å². The van der Waals surface area contributed by atoms with Gasteiger partial charge in [-0.05, 0) is 19.4 Å². The summed E-state index contributed by atoms with van der Waals surface area (Å²) in [6.45, 7) is 3.29. The number of carboxylic acids is 1. The minimum Gasteiger partial charge on any atom is -0.481 e. The highest BCUT2D eigenvalue weighted by atomic mass is 32.2. The molecule has 1 rings (SSSR count). The molecule has 1 aromatic carbocycles. The summed E-state index contributed by atoms with van der Waals surface area (Å²) >= 11 is 1.52. The van der Waals surface area contributed by atoms with Crippen LogP contribution in [0.3, 0.4) is 0 Å². The number of rotatable bonds is 7. The predicted octanol–water partition coefficient (Wildman–Crippen LogP) is 2.15. The summed E-state index contributed by atoms with van der Waals surface area (Å²) in [4.78, 5) is 22.4. The molecular formula is C14H19NO3S. The number of benzene rings is 1. The van der Waals surface area contributed by atoms with Crippen LogP contribution in [0.1, 0.15) is 19.4 Å². The largest absolute Gasteiger partial charge is 0.481 e. The second-order valence-electron chi connectivity index (χ2n) is 4.46. The van der Waals surface area contributed by atoms with E-state index in [1.807, 2.05) is 30.3 Å². The third-order valence-corrected chi connectivity index (χ3v) is 3.88. The molecule has 0 radical (unpaired) electrons. The van der Waals surface area contributed by atoms with Crippen molar-refractivity contribution in [2.45, 2.75) is 25.6 Å². The number of hydrogen-bond donors (Lipinski definition) is 2. The molecule has 5 heteroatoms. The summed E-state index contributed by atoms with van der Waals surface area (Å²) in [6, 6.07) is 9.55. The van der Waals surface area contributed by atoms with Crippen molar-refractivity contribution < 1.29 is 14.7 Å². The van der Waals surface area contributed by atoms with Gasteiger partial charge in [-0.2, -0.15) is 0 Å². The fourth-order valence-corrected chi connectivity index (χ4v) is 2.27. The lowest BCUT2D eigenvalue weighted by atomic mass is 10.0. The zero-order valence-electron chi connectivity index (χ0n) is 11.1. The van der Waals surface area contributed by atoms with Gasteiger partial charge in [-0.1, -0.05) is 30.3 Å². The molecule has 0 aromatic heterocycles. The molecule has 1 amide bonds. The Morgan fingerprint density at radius 3 is 2.47 bits per heavy atom. The van der Waals surface area contributed by atoms with Crippen LogP contribution in [0, 0.1) is 5.92 Å². The van der Waals surface area contributed by atoms with Crippen LogP contribution in [-0.4, -0.2) is 28.8 Å². The second kappa shape index (κ2) is 7.84.